The van der Waals surface area contributed by atoms with E-state index >= 15 is 0 Å². The van der Waals surface area contributed by atoms with E-state index < -0.39 is 0 Å². The predicted molar refractivity (Wildman–Crippen MR) is 124 cm³/mol. The van der Waals surface area contributed by atoms with Gasteiger partial charge in [-0.25, -0.2) is 9.97 Å². The molecule has 9 heteroatoms. The van der Waals surface area contributed by atoms with Gasteiger partial charge in [-0.3, -0.25) is 9.69 Å². The van der Waals surface area contributed by atoms with Gasteiger partial charge in [-0.2, -0.15) is 0 Å². The van der Waals surface area contributed by atoms with Crippen LogP contribution in [0.15, 0.2) is 35.8 Å². The largest absolute Gasteiger partial charge is 0.301 e. The van der Waals surface area contributed by atoms with E-state index in [9.17, 15) is 4.79 Å². The molecule has 4 heterocycles. The summed E-state index contributed by atoms with van der Waals surface area (Å²) in [7, 11) is 0. The van der Waals surface area contributed by atoms with Crippen LogP contribution in [0.4, 0.5) is 5.13 Å². The fourth-order valence-electron chi connectivity index (χ4n) is 3.98. The molecule has 3 aromatic heterocycles. The summed E-state index contributed by atoms with van der Waals surface area (Å²) in [5, 5.41) is 12.1. The molecule has 0 spiro atoms. The summed E-state index contributed by atoms with van der Waals surface area (Å²) in [6, 6.07) is 11.1. The van der Waals surface area contributed by atoms with Gasteiger partial charge in [0.05, 0.1) is 15.7 Å². The van der Waals surface area contributed by atoms with Crippen molar-refractivity contribution in [3.63, 3.8) is 0 Å². The van der Waals surface area contributed by atoms with Crippen LogP contribution in [0.2, 0.25) is 0 Å². The van der Waals surface area contributed by atoms with Crippen LogP contribution >= 0.6 is 22.7 Å². The van der Waals surface area contributed by atoms with Gasteiger partial charge in [0.15, 0.2) is 5.01 Å². The molecular weight excluding hydrogens is 428 g/mol. The molecule has 1 aromatic carbocycles. The third-order valence-electron chi connectivity index (χ3n) is 5.68. The Labute approximate surface area is 188 Å². The van der Waals surface area contributed by atoms with Crippen LogP contribution < -0.4 is 5.32 Å². The molecule has 0 saturated carbocycles. The topological polar surface area (TPSA) is 83.9 Å². The molecule has 1 N–H and O–H groups in total. The summed E-state index contributed by atoms with van der Waals surface area (Å²) in [5.74, 6) is -0.152. The summed E-state index contributed by atoms with van der Waals surface area (Å²) in [6.07, 6.45) is 1.86. The first-order valence-corrected chi connectivity index (χ1v) is 11.9. The van der Waals surface area contributed by atoms with E-state index in [-0.39, 0.29) is 5.91 Å². The maximum atomic E-state index is 11.2. The lowest BCUT2D eigenvalue weighted by molar-refractivity contribution is -0.114. The molecule has 0 radical (unpaired) electrons. The zero-order valence-corrected chi connectivity index (χ0v) is 19.0. The monoisotopic (exact) mass is 450 g/mol. The highest BCUT2D eigenvalue weighted by Gasteiger charge is 2.22. The number of nitrogens with one attached hydrogen (secondary N) is 1. The van der Waals surface area contributed by atoms with Gasteiger partial charge in [-0.05, 0) is 42.7 Å². The number of amides is 1. The molecule has 1 aliphatic rings. The number of anilines is 1. The standard InChI is InChI=1S/C22H22N6OS2/c1-13(16-4-6-20-19(11-16)23-12-30-20)28-9-7-15-3-5-18(25-17(15)8-10-28)21-26-27-22(31-21)24-14(2)29/h3-6,11-13H,7-10H2,1-2H3,(H,24,27,29)/t13-/m1/s1. The molecule has 0 aliphatic carbocycles. The average molecular weight is 451 g/mol. The lowest BCUT2D eigenvalue weighted by Crippen LogP contribution is -2.29. The van der Waals surface area contributed by atoms with E-state index in [1.54, 1.807) is 11.3 Å². The average Bonchev–Trinajstić information content (AvgIpc) is 3.37. The molecule has 31 heavy (non-hydrogen) atoms. The Balaban J connectivity index is 1.33. The van der Waals surface area contributed by atoms with Crippen LogP contribution in [-0.2, 0) is 17.6 Å². The molecular formula is C22H22N6OS2. The molecule has 5 rings (SSSR count). The number of benzene rings is 1. The number of hydrogen-bond acceptors (Lipinski definition) is 8. The Bertz CT molecular complexity index is 1250. The van der Waals surface area contributed by atoms with Crippen LogP contribution in [0, 0.1) is 0 Å². The lowest BCUT2D eigenvalue weighted by Gasteiger charge is -2.27. The van der Waals surface area contributed by atoms with Gasteiger partial charge in [-0.15, -0.1) is 21.5 Å². The first kappa shape index (κ1) is 20.2. The highest BCUT2D eigenvalue weighted by atomic mass is 32.1. The zero-order chi connectivity index (χ0) is 21.4. The SMILES string of the molecule is CC(=O)Nc1nnc(-c2ccc3c(n2)CCN([C@H](C)c2ccc4scnc4c2)CC3)s1. The number of nitrogens with zero attached hydrogens (tertiary/aromatic N) is 5. The smallest absolute Gasteiger partial charge is 0.223 e. The second-order valence-electron chi connectivity index (χ2n) is 7.69. The van der Waals surface area contributed by atoms with Crippen LogP contribution in [0.3, 0.4) is 0 Å². The van der Waals surface area contributed by atoms with Crippen molar-refractivity contribution in [3.05, 3.63) is 52.7 Å². The summed E-state index contributed by atoms with van der Waals surface area (Å²) in [4.78, 5) is 23.1. The molecule has 1 atom stereocenters. The van der Waals surface area contributed by atoms with Crippen molar-refractivity contribution >= 4 is 43.9 Å². The first-order valence-electron chi connectivity index (χ1n) is 10.2. The van der Waals surface area contributed by atoms with Crippen molar-refractivity contribution in [1.82, 2.24) is 25.1 Å². The van der Waals surface area contributed by atoms with E-state index in [1.807, 2.05) is 11.6 Å². The van der Waals surface area contributed by atoms with E-state index in [0.717, 1.165) is 47.8 Å². The Morgan fingerprint density at radius 1 is 1.16 bits per heavy atom. The number of aromatic nitrogens is 4. The second-order valence-corrected chi connectivity index (χ2v) is 9.55. The number of carbonyl (C=O) groups is 1. The number of rotatable bonds is 4. The first-order chi connectivity index (χ1) is 15.1. The molecule has 0 bridgehead atoms. The predicted octanol–water partition coefficient (Wildman–Crippen LogP) is 4.33. The summed E-state index contributed by atoms with van der Waals surface area (Å²) in [6.45, 7) is 5.68. The summed E-state index contributed by atoms with van der Waals surface area (Å²) in [5.41, 5.74) is 7.51. The minimum atomic E-state index is -0.152. The van der Waals surface area contributed by atoms with E-state index in [2.05, 4.69) is 56.6 Å². The fraction of sp³-hybridized carbons (Fsp3) is 0.318. The third-order valence-corrected chi connectivity index (χ3v) is 7.36. The highest BCUT2D eigenvalue weighted by Crippen LogP contribution is 2.30. The quantitative estimate of drug-likeness (QED) is 0.498. The van der Waals surface area contributed by atoms with Crippen molar-refractivity contribution < 1.29 is 4.79 Å². The second kappa shape index (κ2) is 8.41. The molecule has 0 saturated heterocycles. The summed E-state index contributed by atoms with van der Waals surface area (Å²) < 4.78 is 1.23. The number of thiazole rings is 1. The van der Waals surface area contributed by atoms with Crippen molar-refractivity contribution in [1.29, 1.82) is 0 Å². The maximum absolute atomic E-state index is 11.2. The Morgan fingerprint density at radius 2 is 2.03 bits per heavy atom. The van der Waals surface area contributed by atoms with Gasteiger partial charge < -0.3 is 5.32 Å². The van der Waals surface area contributed by atoms with Crippen molar-refractivity contribution in [3.8, 4) is 10.7 Å². The minimum Gasteiger partial charge on any atom is -0.301 e. The molecule has 4 aromatic rings. The van der Waals surface area contributed by atoms with E-state index in [0.29, 0.717) is 11.2 Å². The molecule has 1 aliphatic heterocycles. The minimum absolute atomic E-state index is 0.152. The zero-order valence-electron chi connectivity index (χ0n) is 17.3. The van der Waals surface area contributed by atoms with Crippen LogP contribution in [-0.4, -0.2) is 44.1 Å². The number of fused-ring (bicyclic) bond motifs is 2. The van der Waals surface area contributed by atoms with Crippen molar-refractivity contribution in [2.75, 3.05) is 18.4 Å². The van der Waals surface area contributed by atoms with Gasteiger partial charge in [-0.1, -0.05) is 23.5 Å². The highest BCUT2D eigenvalue weighted by molar-refractivity contribution is 7.18. The number of hydrogen-bond donors (Lipinski definition) is 1. The normalized spacial score (nSPS) is 15.4. The van der Waals surface area contributed by atoms with Gasteiger partial charge in [0.1, 0.15) is 5.69 Å². The van der Waals surface area contributed by atoms with Gasteiger partial charge in [0.2, 0.25) is 11.0 Å². The van der Waals surface area contributed by atoms with Crippen molar-refractivity contribution in [2.45, 2.75) is 32.7 Å². The van der Waals surface area contributed by atoms with Crippen LogP contribution in [0.25, 0.3) is 20.9 Å². The van der Waals surface area contributed by atoms with Gasteiger partial charge in [0, 0.05) is 38.2 Å². The van der Waals surface area contributed by atoms with Crippen LogP contribution in [0.1, 0.15) is 36.7 Å². The molecule has 0 unspecified atom stereocenters. The Kier molecular flexibility index (Phi) is 5.47. The number of pyridine rings is 1. The van der Waals surface area contributed by atoms with E-state index in [4.69, 9.17) is 4.98 Å². The van der Waals surface area contributed by atoms with Gasteiger partial charge >= 0.3 is 0 Å². The Morgan fingerprint density at radius 3 is 2.90 bits per heavy atom. The molecule has 1 amide bonds. The van der Waals surface area contributed by atoms with E-state index in [1.165, 1.54) is 34.1 Å². The van der Waals surface area contributed by atoms with Gasteiger partial charge in [0.25, 0.3) is 0 Å². The molecule has 0 fully saturated rings. The van der Waals surface area contributed by atoms with Crippen molar-refractivity contribution in [2.24, 2.45) is 0 Å². The molecule has 158 valence electrons. The number of carbonyl (C=O) groups excluding carboxylic acids is 1. The van der Waals surface area contributed by atoms with Crippen LogP contribution in [0.5, 0.6) is 0 Å². The third kappa shape index (κ3) is 4.21. The Hall–Kier alpha value is -2.75. The maximum Gasteiger partial charge on any atom is 0.223 e. The fourth-order valence-corrected chi connectivity index (χ4v) is 5.40. The molecule has 7 nitrogen and oxygen atoms in total. The summed E-state index contributed by atoms with van der Waals surface area (Å²) >= 11 is 3.02. The lowest BCUT2D eigenvalue weighted by atomic mass is 10.1.